The van der Waals surface area contributed by atoms with Crippen LogP contribution in [-0.2, 0) is 19.2 Å². The Morgan fingerprint density at radius 1 is 0.614 bits per heavy atom. The maximum atomic E-state index is 13.4. The molecule has 1 saturated carbocycles. The van der Waals surface area contributed by atoms with E-state index in [0.29, 0.717) is 19.3 Å². The fourth-order valence-electron chi connectivity index (χ4n) is 6.52. The predicted octanol–water partition coefficient (Wildman–Crippen LogP) is 8.06. The molecule has 1 aliphatic rings. The van der Waals surface area contributed by atoms with Crippen LogP contribution in [0.25, 0.3) is 0 Å². The van der Waals surface area contributed by atoms with E-state index in [1.54, 1.807) is 0 Å². The topological polar surface area (TPSA) is 129 Å². The van der Waals surface area contributed by atoms with Gasteiger partial charge in [0.25, 0.3) is 0 Å². The molecule has 1 rings (SSSR count). The third-order valence-corrected chi connectivity index (χ3v) is 9.56. The first-order valence-electron chi connectivity index (χ1n) is 18.4. The summed E-state index contributed by atoms with van der Waals surface area (Å²) < 4.78 is 0. The molecule has 0 aliphatic heterocycles. The molecule has 2 unspecified atom stereocenters. The molecule has 0 aromatic rings. The van der Waals surface area contributed by atoms with Crippen LogP contribution in [0.3, 0.4) is 0 Å². The van der Waals surface area contributed by atoms with Crippen LogP contribution in [0.2, 0.25) is 0 Å². The van der Waals surface area contributed by atoms with Gasteiger partial charge in [0.15, 0.2) is 17.3 Å². The van der Waals surface area contributed by atoms with Crippen LogP contribution < -0.4 is 0 Å². The molecule has 0 bridgehead atoms. The highest BCUT2D eigenvalue weighted by molar-refractivity contribution is 6.28. The standard InChI is InChI=1S/C37H66O7/c1-3-5-7-9-11-13-15-17-19-21-23-25-27-31(38)35(42)37(44,36(43)33(40)29-30-34(36)41)32(39)28-26-24-22-20-18-16-14-12-10-8-6-4-2/h31,38,43-44H,3-30H2,1-2H3. The van der Waals surface area contributed by atoms with Crippen LogP contribution in [-0.4, -0.2) is 55.8 Å². The summed E-state index contributed by atoms with van der Waals surface area (Å²) in [6.07, 6.45) is 23.7. The summed E-state index contributed by atoms with van der Waals surface area (Å²) in [5, 5.41) is 33.2. The molecule has 2 atom stereocenters. The Balaban J connectivity index is 2.50. The Morgan fingerprint density at radius 3 is 1.30 bits per heavy atom. The number of carbonyl (C=O) groups excluding carboxylic acids is 4. The number of carbonyl (C=O) groups is 4. The van der Waals surface area contributed by atoms with Crippen LogP contribution in [0.4, 0.5) is 0 Å². The summed E-state index contributed by atoms with van der Waals surface area (Å²) in [7, 11) is 0. The third-order valence-electron chi connectivity index (χ3n) is 9.56. The largest absolute Gasteiger partial charge is 0.385 e. The first kappa shape index (κ1) is 40.6. The third kappa shape index (κ3) is 13.5. The van der Waals surface area contributed by atoms with Gasteiger partial charge in [0.1, 0.15) is 6.10 Å². The SMILES string of the molecule is CCCCCCCCCCCCCCC(=O)C(O)(C(=O)C(O)CCCCCCCCCCCCCC)C1(O)C(=O)CCC1=O. The zero-order valence-electron chi connectivity index (χ0n) is 28.4. The Bertz CT molecular complexity index is 807. The van der Waals surface area contributed by atoms with Gasteiger partial charge in [0.05, 0.1) is 0 Å². The van der Waals surface area contributed by atoms with E-state index in [4.69, 9.17) is 0 Å². The molecule has 7 heteroatoms. The minimum atomic E-state index is -3.24. The molecule has 256 valence electrons. The predicted molar refractivity (Wildman–Crippen MR) is 177 cm³/mol. The van der Waals surface area contributed by atoms with E-state index in [1.165, 1.54) is 89.9 Å². The second-order valence-corrected chi connectivity index (χ2v) is 13.4. The Kier molecular flexibility index (Phi) is 22.0. The van der Waals surface area contributed by atoms with Crippen molar-refractivity contribution in [3.8, 4) is 0 Å². The molecule has 7 nitrogen and oxygen atoms in total. The number of rotatable bonds is 30. The van der Waals surface area contributed by atoms with Crippen LogP contribution in [0.15, 0.2) is 0 Å². The van der Waals surface area contributed by atoms with Gasteiger partial charge < -0.3 is 15.3 Å². The molecule has 0 aromatic carbocycles. The number of hydrogen-bond acceptors (Lipinski definition) is 7. The van der Waals surface area contributed by atoms with Crippen molar-refractivity contribution >= 4 is 23.1 Å². The van der Waals surface area contributed by atoms with Crippen LogP contribution in [0, 0.1) is 0 Å². The Hall–Kier alpha value is -1.44. The summed E-state index contributed by atoms with van der Waals surface area (Å²) in [6, 6.07) is 0. The van der Waals surface area contributed by atoms with E-state index in [-0.39, 0.29) is 25.7 Å². The molecule has 0 aromatic heterocycles. The molecule has 0 spiro atoms. The van der Waals surface area contributed by atoms with Gasteiger partial charge in [-0.15, -0.1) is 0 Å². The van der Waals surface area contributed by atoms with Gasteiger partial charge in [-0.2, -0.15) is 0 Å². The fourth-order valence-corrected chi connectivity index (χ4v) is 6.52. The quantitative estimate of drug-likeness (QED) is 0.0546. The van der Waals surface area contributed by atoms with Crippen molar-refractivity contribution < 1.29 is 34.5 Å². The maximum Gasteiger partial charge on any atom is 0.227 e. The number of hydrogen-bond donors (Lipinski definition) is 3. The lowest BCUT2D eigenvalue weighted by molar-refractivity contribution is -0.190. The number of unbranched alkanes of at least 4 members (excludes halogenated alkanes) is 22. The van der Waals surface area contributed by atoms with E-state index in [9.17, 15) is 34.5 Å². The summed E-state index contributed by atoms with van der Waals surface area (Å²) >= 11 is 0. The van der Waals surface area contributed by atoms with E-state index >= 15 is 0 Å². The first-order valence-corrected chi connectivity index (χ1v) is 18.4. The zero-order valence-corrected chi connectivity index (χ0v) is 28.4. The molecule has 0 saturated heterocycles. The molecule has 0 amide bonds. The molecule has 0 heterocycles. The molecular formula is C37H66O7. The Labute approximate surface area is 268 Å². The minimum absolute atomic E-state index is 0.00289. The zero-order chi connectivity index (χ0) is 32.7. The van der Waals surface area contributed by atoms with E-state index in [0.717, 1.165) is 44.9 Å². The molecule has 3 N–H and O–H groups in total. The van der Waals surface area contributed by atoms with E-state index in [2.05, 4.69) is 13.8 Å². The number of aliphatic hydroxyl groups excluding tert-OH is 1. The van der Waals surface area contributed by atoms with Crippen molar-refractivity contribution in [2.24, 2.45) is 0 Å². The van der Waals surface area contributed by atoms with Gasteiger partial charge in [0.2, 0.25) is 17.0 Å². The van der Waals surface area contributed by atoms with E-state index in [1.807, 2.05) is 0 Å². The monoisotopic (exact) mass is 622 g/mol. The summed E-state index contributed by atoms with van der Waals surface area (Å²) in [5.74, 6) is -4.43. The lowest BCUT2D eigenvalue weighted by atomic mass is 9.71. The second-order valence-electron chi connectivity index (χ2n) is 13.4. The highest BCUT2D eigenvalue weighted by atomic mass is 16.4. The smallest absolute Gasteiger partial charge is 0.227 e. The molecule has 1 aliphatic carbocycles. The highest BCUT2D eigenvalue weighted by Gasteiger charge is 2.69. The van der Waals surface area contributed by atoms with Gasteiger partial charge in [-0.05, 0) is 12.8 Å². The van der Waals surface area contributed by atoms with Crippen molar-refractivity contribution in [1.82, 2.24) is 0 Å². The lowest BCUT2D eigenvalue weighted by Gasteiger charge is -2.37. The van der Waals surface area contributed by atoms with Gasteiger partial charge >= 0.3 is 0 Å². The summed E-state index contributed by atoms with van der Waals surface area (Å²) in [5.41, 5.74) is -6.36. The van der Waals surface area contributed by atoms with E-state index < -0.39 is 40.4 Å². The van der Waals surface area contributed by atoms with Crippen molar-refractivity contribution in [3.63, 3.8) is 0 Å². The van der Waals surface area contributed by atoms with Crippen LogP contribution in [0.1, 0.15) is 194 Å². The average Bonchev–Trinajstić information content (AvgIpc) is 3.29. The number of ketones is 4. The van der Waals surface area contributed by atoms with Crippen molar-refractivity contribution in [1.29, 1.82) is 0 Å². The van der Waals surface area contributed by atoms with Crippen molar-refractivity contribution in [3.05, 3.63) is 0 Å². The van der Waals surface area contributed by atoms with Gasteiger partial charge in [-0.3, -0.25) is 19.2 Å². The highest BCUT2D eigenvalue weighted by Crippen LogP contribution is 2.37. The van der Waals surface area contributed by atoms with Crippen LogP contribution >= 0.6 is 0 Å². The molecule has 1 fully saturated rings. The molecular weight excluding hydrogens is 556 g/mol. The summed E-state index contributed by atoms with van der Waals surface area (Å²) in [6.45, 7) is 4.43. The molecule has 44 heavy (non-hydrogen) atoms. The Morgan fingerprint density at radius 2 is 0.932 bits per heavy atom. The van der Waals surface area contributed by atoms with Crippen molar-refractivity contribution in [2.45, 2.75) is 211 Å². The van der Waals surface area contributed by atoms with Gasteiger partial charge in [-0.25, -0.2) is 0 Å². The minimum Gasteiger partial charge on any atom is -0.385 e. The lowest BCUT2D eigenvalue weighted by Crippen LogP contribution is -2.71. The number of Topliss-reactive ketones (excluding diaryl/α,β-unsaturated/α-hetero) is 4. The van der Waals surface area contributed by atoms with Crippen molar-refractivity contribution in [2.75, 3.05) is 0 Å². The number of aliphatic hydroxyl groups is 3. The second kappa shape index (κ2) is 23.8. The molecule has 0 radical (unpaired) electrons. The first-order chi connectivity index (χ1) is 21.2. The summed E-state index contributed by atoms with van der Waals surface area (Å²) in [4.78, 5) is 51.9. The maximum absolute atomic E-state index is 13.4. The fraction of sp³-hybridized carbons (Fsp3) is 0.892. The average molecular weight is 623 g/mol. The van der Waals surface area contributed by atoms with Gasteiger partial charge in [0, 0.05) is 19.3 Å². The van der Waals surface area contributed by atoms with Crippen LogP contribution in [0.5, 0.6) is 0 Å². The van der Waals surface area contributed by atoms with Gasteiger partial charge in [-0.1, -0.05) is 162 Å². The normalized spacial score (nSPS) is 16.8.